The van der Waals surface area contributed by atoms with Gasteiger partial charge in [0.25, 0.3) is 5.91 Å². The van der Waals surface area contributed by atoms with Crippen LogP contribution in [0.15, 0.2) is 12.7 Å². The Labute approximate surface area is 95.6 Å². The number of aromatic amines is 1. The standard InChI is InChI=1S/C11H18N4O/c1-5-7-15(6-2)11(16)10-12-9(8(3)4)13-14-10/h5,8H,1,6-7H2,2-4H3,(H,12,13,14). The number of carbonyl (C=O) groups is 1. The van der Waals surface area contributed by atoms with Crippen molar-refractivity contribution in [3.63, 3.8) is 0 Å². The number of nitrogens with one attached hydrogen (secondary N) is 1. The lowest BCUT2D eigenvalue weighted by Gasteiger charge is -2.16. The van der Waals surface area contributed by atoms with Crippen molar-refractivity contribution in [3.8, 4) is 0 Å². The van der Waals surface area contributed by atoms with Gasteiger partial charge in [-0.25, -0.2) is 4.98 Å². The molecule has 5 heteroatoms. The topological polar surface area (TPSA) is 61.9 Å². The van der Waals surface area contributed by atoms with Gasteiger partial charge in [-0.2, -0.15) is 0 Å². The van der Waals surface area contributed by atoms with Crippen LogP contribution in [0.3, 0.4) is 0 Å². The van der Waals surface area contributed by atoms with Gasteiger partial charge in [0.05, 0.1) is 0 Å². The first-order chi connectivity index (χ1) is 7.60. The van der Waals surface area contributed by atoms with E-state index in [2.05, 4.69) is 21.8 Å². The van der Waals surface area contributed by atoms with Crippen LogP contribution in [0, 0.1) is 0 Å². The second-order valence-corrected chi connectivity index (χ2v) is 3.83. The lowest BCUT2D eigenvalue weighted by molar-refractivity contribution is 0.0770. The average Bonchev–Trinajstić information content (AvgIpc) is 2.74. The molecule has 1 N–H and O–H groups in total. The van der Waals surface area contributed by atoms with Gasteiger partial charge < -0.3 is 4.90 Å². The first-order valence-electron chi connectivity index (χ1n) is 5.42. The lowest BCUT2D eigenvalue weighted by atomic mass is 10.2. The second kappa shape index (κ2) is 5.44. The Morgan fingerprint density at radius 1 is 1.62 bits per heavy atom. The summed E-state index contributed by atoms with van der Waals surface area (Å²) in [5, 5.41) is 6.70. The van der Waals surface area contributed by atoms with E-state index in [1.54, 1.807) is 11.0 Å². The highest BCUT2D eigenvalue weighted by molar-refractivity contribution is 5.90. The molecule has 0 aliphatic rings. The zero-order valence-electron chi connectivity index (χ0n) is 10.0. The third kappa shape index (κ3) is 2.68. The van der Waals surface area contributed by atoms with Gasteiger partial charge in [-0.15, -0.1) is 11.7 Å². The quantitative estimate of drug-likeness (QED) is 0.769. The van der Waals surface area contributed by atoms with E-state index in [0.29, 0.717) is 13.1 Å². The zero-order chi connectivity index (χ0) is 12.1. The summed E-state index contributed by atoms with van der Waals surface area (Å²) in [4.78, 5) is 17.7. The van der Waals surface area contributed by atoms with E-state index in [9.17, 15) is 4.79 Å². The number of hydrogen-bond donors (Lipinski definition) is 1. The number of hydrogen-bond acceptors (Lipinski definition) is 3. The second-order valence-electron chi connectivity index (χ2n) is 3.83. The molecule has 5 nitrogen and oxygen atoms in total. The van der Waals surface area contributed by atoms with Crippen LogP contribution in [0.2, 0.25) is 0 Å². The van der Waals surface area contributed by atoms with Crippen molar-refractivity contribution in [2.75, 3.05) is 13.1 Å². The summed E-state index contributed by atoms with van der Waals surface area (Å²) in [6, 6.07) is 0. The number of aromatic nitrogens is 3. The van der Waals surface area contributed by atoms with Crippen LogP contribution in [-0.4, -0.2) is 39.1 Å². The maximum atomic E-state index is 11.9. The summed E-state index contributed by atoms with van der Waals surface area (Å²) >= 11 is 0. The summed E-state index contributed by atoms with van der Waals surface area (Å²) in [5.74, 6) is 1.04. The van der Waals surface area contributed by atoms with Crippen molar-refractivity contribution in [2.45, 2.75) is 26.7 Å². The molecule has 0 bridgehead atoms. The lowest BCUT2D eigenvalue weighted by Crippen LogP contribution is -2.31. The number of nitrogens with zero attached hydrogens (tertiary/aromatic N) is 3. The van der Waals surface area contributed by atoms with Gasteiger partial charge in [-0.3, -0.25) is 9.89 Å². The van der Waals surface area contributed by atoms with Crippen LogP contribution >= 0.6 is 0 Å². The number of rotatable bonds is 5. The highest BCUT2D eigenvalue weighted by Crippen LogP contribution is 2.08. The fourth-order valence-corrected chi connectivity index (χ4v) is 1.28. The molecule has 0 saturated carbocycles. The molecule has 1 amide bonds. The van der Waals surface area contributed by atoms with Crippen LogP contribution in [0.1, 0.15) is 43.1 Å². The average molecular weight is 222 g/mol. The molecule has 88 valence electrons. The molecular formula is C11H18N4O. The summed E-state index contributed by atoms with van der Waals surface area (Å²) < 4.78 is 0. The maximum absolute atomic E-state index is 11.9. The molecule has 0 aliphatic heterocycles. The molecule has 0 spiro atoms. The number of H-pyrrole nitrogens is 1. The minimum absolute atomic E-state index is 0.162. The van der Waals surface area contributed by atoms with Crippen LogP contribution in [-0.2, 0) is 0 Å². The minimum atomic E-state index is -0.162. The van der Waals surface area contributed by atoms with E-state index < -0.39 is 0 Å². The third-order valence-electron chi connectivity index (χ3n) is 2.26. The molecule has 0 atom stereocenters. The van der Waals surface area contributed by atoms with E-state index in [1.807, 2.05) is 20.8 Å². The molecule has 1 heterocycles. The molecule has 0 unspecified atom stereocenters. The van der Waals surface area contributed by atoms with Crippen molar-refractivity contribution in [2.24, 2.45) is 0 Å². The first kappa shape index (κ1) is 12.4. The SMILES string of the molecule is C=CCN(CC)C(=O)c1n[nH]c(C(C)C)n1. The fraction of sp³-hybridized carbons (Fsp3) is 0.545. The number of carbonyl (C=O) groups excluding carboxylic acids is 1. The van der Waals surface area contributed by atoms with Crippen molar-refractivity contribution < 1.29 is 4.79 Å². The van der Waals surface area contributed by atoms with Gasteiger partial charge in [0.15, 0.2) is 0 Å². The van der Waals surface area contributed by atoms with E-state index in [0.717, 1.165) is 5.82 Å². The summed E-state index contributed by atoms with van der Waals surface area (Å²) in [6.45, 7) is 10.7. The molecule has 0 radical (unpaired) electrons. The molecule has 0 saturated heterocycles. The minimum Gasteiger partial charge on any atom is -0.332 e. The molecular weight excluding hydrogens is 204 g/mol. The highest BCUT2D eigenvalue weighted by atomic mass is 16.2. The largest absolute Gasteiger partial charge is 0.332 e. The van der Waals surface area contributed by atoms with Gasteiger partial charge in [-0.05, 0) is 6.92 Å². The first-order valence-corrected chi connectivity index (χ1v) is 5.42. The van der Waals surface area contributed by atoms with Gasteiger partial charge >= 0.3 is 0 Å². The summed E-state index contributed by atoms with van der Waals surface area (Å²) in [6.07, 6.45) is 1.69. The Morgan fingerprint density at radius 3 is 2.75 bits per heavy atom. The van der Waals surface area contributed by atoms with E-state index in [1.165, 1.54) is 0 Å². The monoisotopic (exact) mass is 222 g/mol. The van der Waals surface area contributed by atoms with Crippen molar-refractivity contribution >= 4 is 5.91 Å². The smallest absolute Gasteiger partial charge is 0.293 e. The molecule has 1 aromatic rings. The normalized spacial score (nSPS) is 10.5. The number of amides is 1. The van der Waals surface area contributed by atoms with Crippen molar-refractivity contribution in [3.05, 3.63) is 24.3 Å². The maximum Gasteiger partial charge on any atom is 0.293 e. The Hall–Kier alpha value is -1.65. The molecule has 0 fully saturated rings. The molecule has 1 aromatic heterocycles. The van der Waals surface area contributed by atoms with E-state index in [-0.39, 0.29) is 17.6 Å². The van der Waals surface area contributed by atoms with Gasteiger partial charge in [0.1, 0.15) is 5.82 Å². The molecule has 0 aliphatic carbocycles. The van der Waals surface area contributed by atoms with Crippen LogP contribution < -0.4 is 0 Å². The summed E-state index contributed by atoms with van der Waals surface area (Å²) in [7, 11) is 0. The van der Waals surface area contributed by atoms with Crippen LogP contribution in [0.4, 0.5) is 0 Å². The van der Waals surface area contributed by atoms with Crippen molar-refractivity contribution in [1.82, 2.24) is 20.1 Å². The highest BCUT2D eigenvalue weighted by Gasteiger charge is 2.18. The molecule has 0 aromatic carbocycles. The fourth-order valence-electron chi connectivity index (χ4n) is 1.28. The Morgan fingerprint density at radius 2 is 2.31 bits per heavy atom. The molecule has 16 heavy (non-hydrogen) atoms. The van der Waals surface area contributed by atoms with Gasteiger partial charge in [-0.1, -0.05) is 19.9 Å². The third-order valence-corrected chi connectivity index (χ3v) is 2.26. The zero-order valence-corrected chi connectivity index (χ0v) is 10.0. The Bertz CT molecular complexity index is 370. The van der Waals surface area contributed by atoms with Crippen molar-refractivity contribution in [1.29, 1.82) is 0 Å². The Kier molecular flexibility index (Phi) is 4.22. The van der Waals surface area contributed by atoms with E-state index >= 15 is 0 Å². The predicted molar refractivity (Wildman–Crippen MR) is 62.2 cm³/mol. The van der Waals surface area contributed by atoms with Crippen LogP contribution in [0.25, 0.3) is 0 Å². The van der Waals surface area contributed by atoms with E-state index in [4.69, 9.17) is 0 Å². The number of likely N-dealkylation sites (N-methyl/N-ethyl adjacent to an activating group) is 1. The van der Waals surface area contributed by atoms with Crippen LogP contribution in [0.5, 0.6) is 0 Å². The molecule has 1 rings (SSSR count). The van der Waals surface area contributed by atoms with Gasteiger partial charge in [0, 0.05) is 19.0 Å². The predicted octanol–water partition coefficient (Wildman–Crippen LogP) is 1.58. The van der Waals surface area contributed by atoms with Gasteiger partial charge in [0.2, 0.25) is 5.82 Å². The summed E-state index contributed by atoms with van der Waals surface area (Å²) in [5.41, 5.74) is 0. The Balaban J connectivity index is 2.82.